The van der Waals surface area contributed by atoms with E-state index in [1.54, 1.807) is 18.2 Å². The zero-order chi connectivity index (χ0) is 15.0. The number of amides is 1. The molecule has 0 saturated carbocycles. The molecular weight excluding hydrogens is 322 g/mol. The maximum atomic E-state index is 12.0. The minimum absolute atomic E-state index is 0.353. The van der Waals surface area contributed by atoms with Crippen LogP contribution in [0.1, 0.15) is 49.4 Å². The number of hydrogen-bond acceptors (Lipinski definition) is 2. The van der Waals surface area contributed by atoms with Gasteiger partial charge >= 0.3 is 5.97 Å². The van der Waals surface area contributed by atoms with Crippen molar-refractivity contribution in [3.8, 4) is 0 Å². The van der Waals surface area contributed by atoms with E-state index in [0.717, 1.165) is 30.2 Å². The van der Waals surface area contributed by atoms with Gasteiger partial charge in [0.15, 0.2) is 0 Å². The van der Waals surface area contributed by atoms with Crippen molar-refractivity contribution in [2.24, 2.45) is 0 Å². The summed E-state index contributed by atoms with van der Waals surface area (Å²) in [6.45, 7) is 2.10. The van der Waals surface area contributed by atoms with E-state index in [1.165, 1.54) is 0 Å². The summed E-state index contributed by atoms with van der Waals surface area (Å²) >= 11 is 3.29. The van der Waals surface area contributed by atoms with Crippen molar-refractivity contribution >= 4 is 27.8 Å². The number of carbonyl (C=O) groups excluding carboxylic acids is 1. The number of carboxylic acids is 1. The molecule has 4 nitrogen and oxygen atoms in total. The molecule has 0 aliphatic heterocycles. The Kier molecular flexibility index (Phi) is 7.30. The lowest BCUT2D eigenvalue weighted by atomic mass is 10.1. The first-order chi connectivity index (χ1) is 9.54. The first kappa shape index (κ1) is 16.7. The van der Waals surface area contributed by atoms with Crippen LogP contribution in [0.2, 0.25) is 0 Å². The fourth-order valence-corrected chi connectivity index (χ4v) is 2.30. The monoisotopic (exact) mass is 341 g/mol. The lowest BCUT2D eigenvalue weighted by Crippen LogP contribution is -2.40. The number of unbranched alkanes of at least 4 members (excludes halogenated alkanes) is 3. The normalized spacial score (nSPS) is 11.9. The fraction of sp³-hybridized carbons (Fsp3) is 0.467. The predicted octanol–water partition coefficient (Wildman–Crippen LogP) is 3.60. The number of carbonyl (C=O) groups is 2. The van der Waals surface area contributed by atoms with E-state index in [2.05, 4.69) is 28.2 Å². The summed E-state index contributed by atoms with van der Waals surface area (Å²) in [5, 5.41) is 11.7. The number of rotatable bonds is 8. The molecule has 0 aliphatic carbocycles. The lowest BCUT2D eigenvalue weighted by molar-refractivity contribution is -0.139. The van der Waals surface area contributed by atoms with Gasteiger partial charge in [0.1, 0.15) is 6.04 Å². The topological polar surface area (TPSA) is 66.4 Å². The Balaban J connectivity index is 2.56. The second-order valence-electron chi connectivity index (χ2n) is 4.72. The standard InChI is InChI=1S/C15H20BrNO3/c1-2-3-4-5-9-13(15(19)20)17-14(18)11-7-6-8-12(16)10-11/h6-8,10,13H,2-5,9H2,1H3,(H,17,18)(H,19,20)/t13-/m1/s1. The Morgan fingerprint density at radius 2 is 2.05 bits per heavy atom. The minimum atomic E-state index is -0.982. The van der Waals surface area contributed by atoms with Gasteiger partial charge in [-0.2, -0.15) is 0 Å². The van der Waals surface area contributed by atoms with Crippen molar-refractivity contribution in [3.05, 3.63) is 34.3 Å². The molecule has 20 heavy (non-hydrogen) atoms. The Bertz CT molecular complexity index is 462. The van der Waals surface area contributed by atoms with Gasteiger partial charge in [0.25, 0.3) is 5.91 Å². The Morgan fingerprint density at radius 3 is 2.65 bits per heavy atom. The van der Waals surface area contributed by atoms with Gasteiger partial charge in [0, 0.05) is 10.0 Å². The molecule has 0 fully saturated rings. The van der Waals surface area contributed by atoms with E-state index in [-0.39, 0.29) is 5.91 Å². The molecule has 1 aromatic rings. The van der Waals surface area contributed by atoms with Crippen LogP contribution in [-0.2, 0) is 4.79 Å². The number of carboxylic acid groups (broad SMARTS) is 1. The SMILES string of the molecule is CCCCCC[C@@H](NC(=O)c1cccc(Br)c1)C(=O)O. The molecule has 0 bridgehead atoms. The van der Waals surface area contributed by atoms with Crippen LogP contribution < -0.4 is 5.32 Å². The Morgan fingerprint density at radius 1 is 1.30 bits per heavy atom. The lowest BCUT2D eigenvalue weighted by Gasteiger charge is -2.14. The van der Waals surface area contributed by atoms with Crippen molar-refractivity contribution in [3.63, 3.8) is 0 Å². The zero-order valence-electron chi connectivity index (χ0n) is 11.6. The summed E-state index contributed by atoms with van der Waals surface area (Å²) < 4.78 is 0.792. The number of aliphatic carboxylic acids is 1. The van der Waals surface area contributed by atoms with Gasteiger partial charge in [-0.25, -0.2) is 4.79 Å². The van der Waals surface area contributed by atoms with Crippen LogP contribution in [0.5, 0.6) is 0 Å². The third-order valence-corrected chi connectivity index (χ3v) is 3.53. The van der Waals surface area contributed by atoms with Crippen molar-refractivity contribution in [1.82, 2.24) is 5.32 Å². The molecule has 1 atom stereocenters. The molecular formula is C15H20BrNO3. The van der Waals surface area contributed by atoms with Crippen molar-refractivity contribution in [2.75, 3.05) is 0 Å². The average molecular weight is 342 g/mol. The van der Waals surface area contributed by atoms with Gasteiger partial charge in [0.05, 0.1) is 0 Å². The van der Waals surface area contributed by atoms with E-state index in [9.17, 15) is 9.59 Å². The maximum absolute atomic E-state index is 12.0. The highest BCUT2D eigenvalue weighted by atomic mass is 79.9. The quantitative estimate of drug-likeness (QED) is 0.710. The van der Waals surface area contributed by atoms with Crippen molar-refractivity contribution in [2.45, 2.75) is 45.1 Å². The van der Waals surface area contributed by atoms with Crippen molar-refractivity contribution in [1.29, 1.82) is 0 Å². The van der Waals surface area contributed by atoms with E-state index in [0.29, 0.717) is 12.0 Å². The zero-order valence-corrected chi connectivity index (χ0v) is 13.1. The molecule has 1 rings (SSSR count). The first-order valence-corrected chi connectivity index (χ1v) is 7.63. The molecule has 110 valence electrons. The van der Waals surface area contributed by atoms with Crippen molar-refractivity contribution < 1.29 is 14.7 Å². The summed E-state index contributed by atoms with van der Waals surface area (Å²) in [7, 11) is 0. The highest BCUT2D eigenvalue weighted by molar-refractivity contribution is 9.10. The van der Waals surface area contributed by atoms with Crippen LogP contribution in [0.3, 0.4) is 0 Å². The Labute approximate surface area is 127 Å². The van der Waals surface area contributed by atoms with E-state index >= 15 is 0 Å². The highest BCUT2D eigenvalue weighted by Crippen LogP contribution is 2.12. The van der Waals surface area contributed by atoms with Crippen LogP contribution in [0.25, 0.3) is 0 Å². The van der Waals surface area contributed by atoms with Gasteiger partial charge in [-0.3, -0.25) is 4.79 Å². The third-order valence-electron chi connectivity index (χ3n) is 3.04. The van der Waals surface area contributed by atoms with Crippen LogP contribution in [0.4, 0.5) is 0 Å². The minimum Gasteiger partial charge on any atom is -0.480 e. The largest absolute Gasteiger partial charge is 0.480 e. The Hall–Kier alpha value is -1.36. The summed E-state index contributed by atoms with van der Waals surface area (Å²) in [5.41, 5.74) is 0.458. The third kappa shape index (κ3) is 5.74. The summed E-state index contributed by atoms with van der Waals surface area (Å²) in [4.78, 5) is 23.2. The molecule has 0 saturated heterocycles. The molecule has 5 heteroatoms. The number of hydrogen-bond donors (Lipinski definition) is 2. The molecule has 0 heterocycles. The van der Waals surface area contributed by atoms with Crippen LogP contribution >= 0.6 is 15.9 Å². The first-order valence-electron chi connectivity index (χ1n) is 6.83. The van der Waals surface area contributed by atoms with Crippen LogP contribution in [-0.4, -0.2) is 23.0 Å². The summed E-state index contributed by atoms with van der Waals surface area (Å²) in [5.74, 6) is -1.33. The van der Waals surface area contributed by atoms with Gasteiger partial charge in [-0.1, -0.05) is 54.6 Å². The van der Waals surface area contributed by atoms with Gasteiger partial charge in [-0.05, 0) is 24.6 Å². The van der Waals surface area contributed by atoms with Gasteiger partial charge in [-0.15, -0.1) is 0 Å². The molecule has 0 unspecified atom stereocenters. The number of benzene rings is 1. The number of nitrogens with one attached hydrogen (secondary N) is 1. The number of halogens is 1. The molecule has 0 aliphatic rings. The van der Waals surface area contributed by atoms with E-state index < -0.39 is 12.0 Å². The van der Waals surface area contributed by atoms with E-state index in [1.807, 2.05) is 6.07 Å². The maximum Gasteiger partial charge on any atom is 0.326 e. The second kappa shape index (κ2) is 8.74. The summed E-state index contributed by atoms with van der Waals surface area (Å²) in [6, 6.07) is 6.08. The van der Waals surface area contributed by atoms with Crippen LogP contribution in [0, 0.1) is 0 Å². The van der Waals surface area contributed by atoms with Gasteiger partial charge in [0.2, 0.25) is 0 Å². The predicted molar refractivity (Wildman–Crippen MR) is 81.8 cm³/mol. The van der Waals surface area contributed by atoms with E-state index in [4.69, 9.17) is 5.11 Å². The molecule has 0 radical (unpaired) electrons. The smallest absolute Gasteiger partial charge is 0.326 e. The molecule has 0 aromatic heterocycles. The molecule has 1 amide bonds. The molecule has 2 N–H and O–H groups in total. The fourth-order valence-electron chi connectivity index (χ4n) is 1.90. The summed E-state index contributed by atoms with van der Waals surface area (Å²) in [6.07, 6.45) is 4.46. The second-order valence-corrected chi connectivity index (χ2v) is 5.64. The van der Waals surface area contributed by atoms with Gasteiger partial charge < -0.3 is 10.4 Å². The average Bonchev–Trinajstić information content (AvgIpc) is 2.41. The molecule has 1 aromatic carbocycles. The molecule has 0 spiro atoms. The van der Waals surface area contributed by atoms with Crippen LogP contribution in [0.15, 0.2) is 28.7 Å². The highest BCUT2D eigenvalue weighted by Gasteiger charge is 2.20.